The smallest absolute Gasteiger partial charge is 0.131 e. The van der Waals surface area contributed by atoms with E-state index in [0.29, 0.717) is 0 Å². The number of hydrogen-bond donors (Lipinski definition) is 3. The Hall–Kier alpha value is -1.36. The SMILES string of the molecule is CNc1cc(NCC2CCNCC2)nc(C)n1. The molecule has 1 aromatic heterocycles. The molecule has 0 aliphatic carbocycles. The molecule has 1 aliphatic rings. The number of aryl methyl sites for hydroxylation is 1. The lowest BCUT2D eigenvalue weighted by Gasteiger charge is -2.23. The summed E-state index contributed by atoms with van der Waals surface area (Å²) in [5.74, 6) is 3.33. The van der Waals surface area contributed by atoms with Crippen molar-refractivity contribution in [2.24, 2.45) is 5.92 Å². The summed E-state index contributed by atoms with van der Waals surface area (Å²) in [6.45, 7) is 5.19. The van der Waals surface area contributed by atoms with Gasteiger partial charge < -0.3 is 16.0 Å². The van der Waals surface area contributed by atoms with Gasteiger partial charge in [-0.25, -0.2) is 9.97 Å². The van der Waals surface area contributed by atoms with Crippen LogP contribution in [0.15, 0.2) is 6.07 Å². The first-order valence-electron chi connectivity index (χ1n) is 6.26. The number of nitrogens with one attached hydrogen (secondary N) is 3. The Balaban J connectivity index is 1.91. The highest BCUT2D eigenvalue weighted by Gasteiger charge is 2.12. The molecule has 5 nitrogen and oxygen atoms in total. The second-order valence-corrected chi connectivity index (χ2v) is 4.51. The van der Waals surface area contributed by atoms with Crippen molar-refractivity contribution < 1.29 is 0 Å². The largest absolute Gasteiger partial charge is 0.373 e. The van der Waals surface area contributed by atoms with Gasteiger partial charge in [0.15, 0.2) is 0 Å². The van der Waals surface area contributed by atoms with Crippen LogP contribution in [0.1, 0.15) is 18.7 Å². The zero-order valence-electron chi connectivity index (χ0n) is 10.6. The lowest BCUT2D eigenvalue weighted by atomic mass is 9.98. The molecule has 0 radical (unpaired) electrons. The summed E-state index contributed by atoms with van der Waals surface area (Å²) in [5, 5.41) is 9.83. The lowest BCUT2D eigenvalue weighted by Crippen LogP contribution is -2.31. The molecule has 5 heteroatoms. The van der Waals surface area contributed by atoms with Gasteiger partial charge >= 0.3 is 0 Å². The molecule has 0 amide bonds. The van der Waals surface area contributed by atoms with E-state index in [9.17, 15) is 0 Å². The first kappa shape index (κ1) is 12.1. The Labute approximate surface area is 102 Å². The maximum atomic E-state index is 4.39. The van der Waals surface area contributed by atoms with Gasteiger partial charge in [0.2, 0.25) is 0 Å². The van der Waals surface area contributed by atoms with Crippen molar-refractivity contribution in [3.8, 4) is 0 Å². The maximum absolute atomic E-state index is 4.39. The summed E-state index contributed by atoms with van der Waals surface area (Å²) in [7, 11) is 1.87. The second-order valence-electron chi connectivity index (χ2n) is 4.51. The summed E-state index contributed by atoms with van der Waals surface area (Å²) < 4.78 is 0. The Morgan fingerprint density at radius 1 is 1.29 bits per heavy atom. The molecule has 1 saturated heterocycles. The van der Waals surface area contributed by atoms with Crippen molar-refractivity contribution >= 4 is 11.6 Å². The van der Waals surface area contributed by atoms with Crippen LogP contribution < -0.4 is 16.0 Å². The zero-order valence-corrected chi connectivity index (χ0v) is 10.6. The van der Waals surface area contributed by atoms with Gasteiger partial charge in [0.05, 0.1) is 0 Å². The van der Waals surface area contributed by atoms with E-state index < -0.39 is 0 Å². The highest BCUT2D eigenvalue weighted by molar-refractivity contribution is 5.47. The minimum absolute atomic E-state index is 0.754. The molecule has 17 heavy (non-hydrogen) atoms. The molecule has 0 unspecified atom stereocenters. The number of hydrogen-bond acceptors (Lipinski definition) is 5. The molecule has 1 fully saturated rings. The van der Waals surface area contributed by atoms with Gasteiger partial charge in [0.25, 0.3) is 0 Å². The molecule has 2 rings (SSSR count). The van der Waals surface area contributed by atoms with Gasteiger partial charge in [-0.1, -0.05) is 0 Å². The molecule has 1 aromatic rings. The van der Waals surface area contributed by atoms with Crippen LogP contribution in [-0.4, -0.2) is 36.6 Å². The van der Waals surface area contributed by atoms with Crippen molar-refractivity contribution in [1.29, 1.82) is 0 Å². The number of piperidine rings is 1. The number of nitrogens with zero attached hydrogens (tertiary/aromatic N) is 2. The molecule has 94 valence electrons. The molecular weight excluding hydrogens is 214 g/mol. The number of rotatable bonds is 4. The van der Waals surface area contributed by atoms with Gasteiger partial charge in [-0.15, -0.1) is 0 Å². The summed E-state index contributed by atoms with van der Waals surface area (Å²) >= 11 is 0. The van der Waals surface area contributed by atoms with Crippen LogP contribution in [-0.2, 0) is 0 Å². The van der Waals surface area contributed by atoms with Crippen molar-refractivity contribution in [3.05, 3.63) is 11.9 Å². The first-order chi connectivity index (χ1) is 8.28. The van der Waals surface area contributed by atoms with Crippen molar-refractivity contribution in [2.75, 3.05) is 37.3 Å². The van der Waals surface area contributed by atoms with Gasteiger partial charge in [0, 0.05) is 19.7 Å². The topological polar surface area (TPSA) is 61.9 Å². The minimum Gasteiger partial charge on any atom is -0.373 e. The average molecular weight is 235 g/mol. The number of anilines is 2. The van der Waals surface area contributed by atoms with Crippen LogP contribution in [0, 0.1) is 12.8 Å². The Morgan fingerprint density at radius 3 is 2.71 bits per heavy atom. The van der Waals surface area contributed by atoms with Crippen LogP contribution in [0.3, 0.4) is 0 Å². The van der Waals surface area contributed by atoms with E-state index in [1.807, 2.05) is 20.0 Å². The molecular formula is C12H21N5. The standard InChI is InChI=1S/C12H21N5/c1-9-16-11(13-2)7-12(17-9)15-8-10-3-5-14-6-4-10/h7,10,14H,3-6,8H2,1-2H3,(H2,13,15,16,17). The van der Waals surface area contributed by atoms with Crippen LogP contribution in [0.2, 0.25) is 0 Å². The van der Waals surface area contributed by atoms with Crippen molar-refractivity contribution in [3.63, 3.8) is 0 Å². The van der Waals surface area contributed by atoms with Gasteiger partial charge in [0.1, 0.15) is 17.5 Å². The predicted molar refractivity (Wildman–Crippen MR) is 70.4 cm³/mol. The highest BCUT2D eigenvalue weighted by atomic mass is 15.1. The molecule has 1 aliphatic heterocycles. The fraction of sp³-hybridized carbons (Fsp3) is 0.667. The minimum atomic E-state index is 0.754. The molecule has 2 heterocycles. The first-order valence-corrected chi connectivity index (χ1v) is 6.26. The van der Waals surface area contributed by atoms with E-state index in [4.69, 9.17) is 0 Å². The average Bonchev–Trinajstić information content (AvgIpc) is 2.37. The van der Waals surface area contributed by atoms with Crippen molar-refractivity contribution in [1.82, 2.24) is 15.3 Å². The fourth-order valence-electron chi connectivity index (χ4n) is 2.12. The second kappa shape index (κ2) is 5.82. The Morgan fingerprint density at radius 2 is 2.00 bits per heavy atom. The van der Waals surface area contributed by atoms with E-state index in [2.05, 4.69) is 25.9 Å². The van der Waals surface area contributed by atoms with E-state index in [1.165, 1.54) is 12.8 Å². The van der Waals surface area contributed by atoms with E-state index in [0.717, 1.165) is 43.0 Å². The molecule has 0 spiro atoms. The fourth-order valence-corrected chi connectivity index (χ4v) is 2.12. The Kier molecular flexibility index (Phi) is 4.14. The summed E-state index contributed by atoms with van der Waals surface area (Å²) in [4.78, 5) is 8.66. The predicted octanol–water partition coefficient (Wildman–Crippen LogP) is 1.24. The van der Waals surface area contributed by atoms with Crippen LogP contribution in [0.4, 0.5) is 11.6 Å². The van der Waals surface area contributed by atoms with E-state index >= 15 is 0 Å². The normalized spacial score (nSPS) is 16.8. The molecule has 3 N–H and O–H groups in total. The number of aromatic nitrogens is 2. The van der Waals surface area contributed by atoms with Crippen LogP contribution in [0.5, 0.6) is 0 Å². The van der Waals surface area contributed by atoms with E-state index in [1.54, 1.807) is 0 Å². The van der Waals surface area contributed by atoms with Gasteiger partial charge in [-0.2, -0.15) is 0 Å². The molecule has 0 atom stereocenters. The zero-order chi connectivity index (χ0) is 12.1. The van der Waals surface area contributed by atoms with Gasteiger partial charge in [-0.3, -0.25) is 0 Å². The summed E-state index contributed by atoms with van der Waals surface area (Å²) in [6.07, 6.45) is 2.49. The van der Waals surface area contributed by atoms with E-state index in [-0.39, 0.29) is 0 Å². The molecule has 0 saturated carbocycles. The van der Waals surface area contributed by atoms with Gasteiger partial charge in [-0.05, 0) is 38.8 Å². The third kappa shape index (κ3) is 3.56. The van der Waals surface area contributed by atoms with Crippen molar-refractivity contribution in [2.45, 2.75) is 19.8 Å². The van der Waals surface area contributed by atoms with Crippen LogP contribution >= 0.6 is 0 Å². The Bertz CT molecular complexity index is 360. The molecule has 0 bridgehead atoms. The monoisotopic (exact) mass is 235 g/mol. The highest BCUT2D eigenvalue weighted by Crippen LogP contribution is 2.14. The molecule has 0 aromatic carbocycles. The third-order valence-electron chi connectivity index (χ3n) is 3.12. The maximum Gasteiger partial charge on any atom is 0.131 e. The quantitative estimate of drug-likeness (QED) is 0.733. The third-order valence-corrected chi connectivity index (χ3v) is 3.12. The summed E-state index contributed by atoms with van der Waals surface area (Å²) in [5.41, 5.74) is 0. The van der Waals surface area contributed by atoms with Crippen LogP contribution in [0.25, 0.3) is 0 Å². The lowest BCUT2D eigenvalue weighted by molar-refractivity contribution is 0.389. The summed E-state index contributed by atoms with van der Waals surface area (Å²) in [6, 6.07) is 1.95.